The number of hydrogen-bond donors (Lipinski definition) is 1. The molecule has 0 unspecified atom stereocenters. The van der Waals surface area contributed by atoms with E-state index in [0.29, 0.717) is 6.54 Å². The molecule has 0 amide bonds. The minimum atomic E-state index is 0. The molecule has 0 fully saturated rings. The van der Waals surface area contributed by atoms with E-state index < -0.39 is 0 Å². The summed E-state index contributed by atoms with van der Waals surface area (Å²) < 4.78 is 1.80. The summed E-state index contributed by atoms with van der Waals surface area (Å²) >= 11 is 0. The molecule has 2 N–H and O–H groups in total. The molecule has 1 heterocycles. The Bertz CT molecular complexity index is 475. The van der Waals surface area contributed by atoms with Crippen molar-refractivity contribution < 1.29 is 0 Å². The molecule has 112 valence electrons. The third-order valence-electron chi connectivity index (χ3n) is 2.86. The van der Waals surface area contributed by atoms with E-state index in [1.807, 2.05) is 13.1 Å². The zero-order chi connectivity index (χ0) is 12.8. The molecule has 20 heavy (non-hydrogen) atoms. The quantitative estimate of drug-likeness (QED) is 0.879. The fourth-order valence-corrected chi connectivity index (χ4v) is 1.90. The van der Waals surface area contributed by atoms with Gasteiger partial charge in [0, 0.05) is 26.7 Å². The number of benzene rings is 1. The van der Waals surface area contributed by atoms with Crippen LogP contribution in [0.5, 0.6) is 0 Å². The van der Waals surface area contributed by atoms with Crippen molar-refractivity contribution in [3.63, 3.8) is 0 Å². The van der Waals surface area contributed by atoms with Gasteiger partial charge in [-0.1, -0.05) is 30.3 Å². The van der Waals surface area contributed by atoms with Crippen LogP contribution < -0.4 is 5.73 Å². The summed E-state index contributed by atoms with van der Waals surface area (Å²) in [6.45, 7) is 3.14. The number of nitrogens with zero attached hydrogens (tertiary/aromatic N) is 4. The van der Waals surface area contributed by atoms with Crippen molar-refractivity contribution in [2.24, 2.45) is 12.8 Å². The Hall–Kier alpha value is -1.14. The molecule has 0 aliphatic rings. The number of aromatic nitrogens is 3. The van der Waals surface area contributed by atoms with Crippen LogP contribution in [0, 0.1) is 0 Å². The lowest BCUT2D eigenvalue weighted by Crippen LogP contribution is -2.29. The number of rotatable bonds is 6. The first-order chi connectivity index (χ1) is 8.79. The highest BCUT2D eigenvalue weighted by molar-refractivity contribution is 5.85. The lowest BCUT2D eigenvalue weighted by Gasteiger charge is -2.20. The Morgan fingerprint density at radius 2 is 1.85 bits per heavy atom. The van der Waals surface area contributed by atoms with Crippen molar-refractivity contribution >= 4 is 24.8 Å². The summed E-state index contributed by atoms with van der Waals surface area (Å²) in [4.78, 5) is 6.53. The lowest BCUT2D eigenvalue weighted by atomic mass is 10.2. The maximum atomic E-state index is 5.67. The van der Waals surface area contributed by atoms with Crippen molar-refractivity contribution in [3.8, 4) is 0 Å². The van der Waals surface area contributed by atoms with Crippen LogP contribution in [0.15, 0.2) is 36.7 Å². The molecular formula is C13H21Cl2N5. The van der Waals surface area contributed by atoms with Crippen molar-refractivity contribution in [3.05, 3.63) is 48.0 Å². The van der Waals surface area contributed by atoms with Gasteiger partial charge in [0.05, 0.1) is 6.54 Å². The molecule has 7 heteroatoms. The van der Waals surface area contributed by atoms with Gasteiger partial charge >= 0.3 is 0 Å². The molecule has 0 radical (unpaired) electrons. The van der Waals surface area contributed by atoms with E-state index in [-0.39, 0.29) is 24.8 Å². The first kappa shape index (κ1) is 18.9. The largest absolute Gasteiger partial charge is 0.329 e. The maximum absolute atomic E-state index is 5.67. The van der Waals surface area contributed by atoms with E-state index in [1.165, 1.54) is 5.56 Å². The molecule has 1 aromatic carbocycles. The van der Waals surface area contributed by atoms with Crippen LogP contribution in [0.4, 0.5) is 0 Å². The van der Waals surface area contributed by atoms with Crippen molar-refractivity contribution in [2.75, 3.05) is 13.1 Å². The molecule has 5 nitrogen and oxygen atoms in total. The van der Waals surface area contributed by atoms with Crippen LogP contribution in [0.2, 0.25) is 0 Å². The molecule has 0 saturated carbocycles. The van der Waals surface area contributed by atoms with Gasteiger partial charge in [-0.05, 0) is 5.56 Å². The molecule has 2 aromatic rings. The van der Waals surface area contributed by atoms with E-state index in [2.05, 4.69) is 39.2 Å². The third kappa shape index (κ3) is 5.46. The number of hydrogen-bond acceptors (Lipinski definition) is 4. The van der Waals surface area contributed by atoms with Gasteiger partial charge in [-0.3, -0.25) is 9.58 Å². The first-order valence-corrected chi connectivity index (χ1v) is 6.09. The SMILES string of the molecule is Cl.Cl.Cn1ncnc1CN(CCN)Cc1ccccc1. The van der Waals surface area contributed by atoms with Gasteiger partial charge in [0.25, 0.3) is 0 Å². The molecule has 0 bridgehead atoms. The minimum absolute atomic E-state index is 0. The highest BCUT2D eigenvalue weighted by atomic mass is 35.5. The zero-order valence-electron chi connectivity index (χ0n) is 11.5. The zero-order valence-corrected chi connectivity index (χ0v) is 13.1. The number of nitrogens with two attached hydrogens (primary N) is 1. The van der Waals surface area contributed by atoms with E-state index in [0.717, 1.165) is 25.5 Å². The molecular weight excluding hydrogens is 297 g/mol. The Balaban J connectivity index is 0.00000180. The topological polar surface area (TPSA) is 60.0 Å². The van der Waals surface area contributed by atoms with Gasteiger partial charge in [0.2, 0.25) is 0 Å². The van der Waals surface area contributed by atoms with Crippen LogP contribution in [-0.4, -0.2) is 32.8 Å². The van der Waals surface area contributed by atoms with Crippen LogP contribution in [-0.2, 0) is 20.1 Å². The summed E-state index contributed by atoms with van der Waals surface area (Å²) in [7, 11) is 1.91. The van der Waals surface area contributed by atoms with Crippen molar-refractivity contribution in [1.29, 1.82) is 0 Å². The molecule has 2 rings (SSSR count). The summed E-state index contributed by atoms with van der Waals surface area (Å²) in [6, 6.07) is 10.4. The summed E-state index contributed by atoms with van der Waals surface area (Å²) in [5.41, 5.74) is 6.95. The lowest BCUT2D eigenvalue weighted by molar-refractivity contribution is 0.254. The van der Waals surface area contributed by atoms with Gasteiger partial charge < -0.3 is 5.73 Å². The number of aryl methyl sites for hydroxylation is 1. The van der Waals surface area contributed by atoms with Gasteiger partial charge in [0.1, 0.15) is 12.2 Å². The second kappa shape index (κ2) is 9.72. The Labute approximate surface area is 132 Å². The predicted molar refractivity (Wildman–Crippen MR) is 85.1 cm³/mol. The predicted octanol–water partition coefficient (Wildman–Crippen LogP) is 1.62. The fourth-order valence-electron chi connectivity index (χ4n) is 1.90. The second-order valence-corrected chi connectivity index (χ2v) is 4.28. The standard InChI is InChI=1S/C13H19N5.2ClH/c1-17-13(15-11-16-17)10-18(8-7-14)9-12-5-3-2-4-6-12;;/h2-6,11H,7-10,14H2,1H3;2*1H. The summed E-state index contributed by atoms with van der Waals surface area (Å²) in [6.07, 6.45) is 1.58. The Morgan fingerprint density at radius 3 is 2.40 bits per heavy atom. The molecule has 0 spiro atoms. The third-order valence-corrected chi connectivity index (χ3v) is 2.86. The first-order valence-electron chi connectivity index (χ1n) is 6.09. The van der Waals surface area contributed by atoms with Gasteiger partial charge in [0.15, 0.2) is 0 Å². The van der Waals surface area contributed by atoms with E-state index in [4.69, 9.17) is 5.73 Å². The van der Waals surface area contributed by atoms with Crippen LogP contribution >= 0.6 is 24.8 Å². The highest BCUT2D eigenvalue weighted by Gasteiger charge is 2.09. The minimum Gasteiger partial charge on any atom is -0.329 e. The van der Waals surface area contributed by atoms with Gasteiger partial charge in [-0.25, -0.2) is 4.98 Å². The van der Waals surface area contributed by atoms with E-state index in [9.17, 15) is 0 Å². The number of halogens is 2. The molecule has 0 aliphatic carbocycles. The van der Waals surface area contributed by atoms with Crippen molar-refractivity contribution in [2.45, 2.75) is 13.1 Å². The monoisotopic (exact) mass is 317 g/mol. The van der Waals surface area contributed by atoms with Crippen LogP contribution in [0.1, 0.15) is 11.4 Å². The summed E-state index contributed by atoms with van der Waals surface area (Å²) in [5.74, 6) is 0.958. The Kier molecular flexibility index (Phi) is 9.16. The molecule has 0 saturated heterocycles. The van der Waals surface area contributed by atoms with Gasteiger partial charge in [-0.15, -0.1) is 24.8 Å². The molecule has 0 aliphatic heterocycles. The normalized spacial score (nSPS) is 9.95. The smallest absolute Gasteiger partial charge is 0.140 e. The van der Waals surface area contributed by atoms with Crippen LogP contribution in [0.3, 0.4) is 0 Å². The highest BCUT2D eigenvalue weighted by Crippen LogP contribution is 2.07. The van der Waals surface area contributed by atoms with Gasteiger partial charge in [-0.2, -0.15) is 5.10 Å². The molecule has 0 atom stereocenters. The average Bonchev–Trinajstić information content (AvgIpc) is 2.77. The summed E-state index contributed by atoms with van der Waals surface area (Å²) in [5, 5.41) is 4.08. The Morgan fingerprint density at radius 1 is 1.15 bits per heavy atom. The fraction of sp³-hybridized carbons (Fsp3) is 0.385. The van der Waals surface area contributed by atoms with E-state index >= 15 is 0 Å². The average molecular weight is 318 g/mol. The van der Waals surface area contributed by atoms with Crippen molar-refractivity contribution in [1.82, 2.24) is 19.7 Å². The molecule has 1 aromatic heterocycles. The van der Waals surface area contributed by atoms with E-state index in [1.54, 1.807) is 11.0 Å². The van der Waals surface area contributed by atoms with Crippen LogP contribution in [0.25, 0.3) is 0 Å². The second-order valence-electron chi connectivity index (χ2n) is 4.28. The maximum Gasteiger partial charge on any atom is 0.140 e.